The van der Waals surface area contributed by atoms with Crippen molar-refractivity contribution in [2.45, 2.75) is 13.8 Å². The van der Waals surface area contributed by atoms with Gasteiger partial charge in [0, 0.05) is 0 Å². The molecule has 0 aliphatic carbocycles. The first-order valence-corrected chi connectivity index (χ1v) is 3.75. The van der Waals surface area contributed by atoms with Crippen LogP contribution in [-0.4, -0.2) is 16.1 Å². The number of nitrogens with zero attached hydrogens (tertiary/aromatic N) is 2. The summed E-state index contributed by atoms with van der Waals surface area (Å²) in [6.45, 7) is 3.66. The summed E-state index contributed by atoms with van der Waals surface area (Å²) < 4.78 is 0. The van der Waals surface area contributed by atoms with Crippen molar-refractivity contribution in [1.29, 1.82) is 0 Å². The summed E-state index contributed by atoms with van der Waals surface area (Å²) in [5.74, 6) is 1.65. The van der Waals surface area contributed by atoms with Crippen LogP contribution in [-0.2, 0) is 4.79 Å². The number of carbonyl (C=O) groups excluding carboxylic acids is 1. The molecule has 1 aromatic heterocycles. The van der Waals surface area contributed by atoms with Crippen LogP contribution in [0, 0.1) is 13.8 Å². The van der Waals surface area contributed by atoms with E-state index in [0.717, 1.165) is 11.1 Å². The molecule has 1 aromatic rings. The highest BCUT2D eigenvalue weighted by Gasteiger charge is 2.04. The van der Waals surface area contributed by atoms with Gasteiger partial charge in [-0.15, -0.1) is 10.2 Å². The molecule has 0 aliphatic heterocycles. The molecule has 0 unspecified atom stereocenters. The van der Waals surface area contributed by atoms with Crippen LogP contribution in [0.25, 0.3) is 6.08 Å². The number of aromatic nitrogens is 2. The number of rotatable bonds is 1. The molecule has 1 heterocycles. The summed E-state index contributed by atoms with van der Waals surface area (Å²) in [5, 5.41) is 7.76. The molecule has 0 aliphatic rings. The molecule has 0 spiro atoms. The molecule has 0 amide bonds. The van der Waals surface area contributed by atoms with Crippen LogP contribution in [0.5, 0.6) is 0 Å². The minimum Gasteiger partial charge on any atom is -0.233 e. The average molecular weight is 183 g/mol. The van der Waals surface area contributed by atoms with Gasteiger partial charge >= 0.3 is 0 Å². The molecule has 3 nitrogen and oxygen atoms in total. The molecule has 0 radical (unpaired) electrons. The molecule has 12 heavy (non-hydrogen) atoms. The molecule has 0 atom stereocenters. The van der Waals surface area contributed by atoms with Crippen molar-refractivity contribution in [3.05, 3.63) is 22.0 Å². The third kappa shape index (κ3) is 1.52. The number of halogens is 1. The number of hydrogen-bond donors (Lipinski definition) is 0. The zero-order chi connectivity index (χ0) is 9.14. The van der Waals surface area contributed by atoms with Crippen molar-refractivity contribution >= 4 is 23.6 Å². The molecule has 0 saturated carbocycles. The van der Waals surface area contributed by atoms with Gasteiger partial charge < -0.3 is 0 Å². The topological polar surface area (TPSA) is 42.9 Å². The van der Waals surface area contributed by atoms with E-state index in [1.54, 1.807) is 5.94 Å². The maximum absolute atomic E-state index is 10.0. The SMILES string of the molecule is Cc1c(Cl)nnc(C=C=O)c1C. The lowest BCUT2D eigenvalue weighted by Gasteiger charge is -2.01. The summed E-state index contributed by atoms with van der Waals surface area (Å²) in [7, 11) is 0. The highest BCUT2D eigenvalue weighted by Crippen LogP contribution is 2.17. The minimum atomic E-state index is 0.371. The van der Waals surface area contributed by atoms with Crippen LogP contribution >= 0.6 is 11.6 Å². The van der Waals surface area contributed by atoms with Crippen molar-refractivity contribution in [3.63, 3.8) is 0 Å². The van der Waals surface area contributed by atoms with Crippen molar-refractivity contribution < 1.29 is 4.79 Å². The molecular formula is C8H7ClN2O. The molecule has 0 N–H and O–H groups in total. The third-order valence-electron chi connectivity index (χ3n) is 1.70. The summed E-state index contributed by atoms with van der Waals surface area (Å²) in [5.41, 5.74) is 2.22. The van der Waals surface area contributed by atoms with Crippen LogP contribution in [0.2, 0.25) is 5.15 Å². The highest BCUT2D eigenvalue weighted by atomic mass is 35.5. The van der Waals surface area contributed by atoms with E-state index in [4.69, 9.17) is 11.6 Å². The first-order chi connectivity index (χ1) is 5.66. The molecule has 0 saturated heterocycles. The summed E-state index contributed by atoms with van der Waals surface area (Å²) in [6, 6.07) is 0. The Bertz CT molecular complexity index is 356. The molecular weight excluding hydrogens is 176 g/mol. The van der Waals surface area contributed by atoms with E-state index in [1.165, 1.54) is 6.08 Å². The van der Waals surface area contributed by atoms with Crippen LogP contribution in [0.15, 0.2) is 0 Å². The molecule has 0 fully saturated rings. The Labute approximate surface area is 75.1 Å². The van der Waals surface area contributed by atoms with E-state index < -0.39 is 0 Å². The minimum absolute atomic E-state index is 0.371. The van der Waals surface area contributed by atoms with Crippen LogP contribution in [0.4, 0.5) is 0 Å². The van der Waals surface area contributed by atoms with Crippen LogP contribution in [0.3, 0.4) is 0 Å². The normalized spacial score (nSPS) is 9.25. The fourth-order valence-electron chi connectivity index (χ4n) is 0.788. The van der Waals surface area contributed by atoms with Crippen LogP contribution < -0.4 is 0 Å². The lowest BCUT2D eigenvalue weighted by molar-refractivity contribution is 0.570. The Kier molecular flexibility index (Phi) is 2.58. The van der Waals surface area contributed by atoms with Gasteiger partial charge in [-0.3, -0.25) is 0 Å². The highest BCUT2D eigenvalue weighted by molar-refractivity contribution is 6.30. The van der Waals surface area contributed by atoms with Gasteiger partial charge in [-0.25, -0.2) is 4.79 Å². The largest absolute Gasteiger partial charge is 0.233 e. The van der Waals surface area contributed by atoms with Gasteiger partial charge in [-0.2, -0.15) is 0 Å². The second kappa shape index (κ2) is 3.48. The summed E-state index contributed by atoms with van der Waals surface area (Å²) >= 11 is 5.70. The third-order valence-corrected chi connectivity index (χ3v) is 2.06. The van der Waals surface area contributed by atoms with E-state index >= 15 is 0 Å². The van der Waals surface area contributed by atoms with E-state index in [0.29, 0.717) is 10.8 Å². The average Bonchev–Trinajstić information content (AvgIpc) is 2.07. The molecule has 1 rings (SSSR count). The smallest absolute Gasteiger partial charge is 0.154 e. The van der Waals surface area contributed by atoms with E-state index in [2.05, 4.69) is 10.2 Å². The Balaban J connectivity index is 3.35. The van der Waals surface area contributed by atoms with Gasteiger partial charge in [-0.05, 0) is 25.0 Å². The first-order valence-electron chi connectivity index (χ1n) is 3.37. The lowest BCUT2D eigenvalue weighted by atomic mass is 10.1. The molecule has 0 aromatic carbocycles. The maximum atomic E-state index is 10.0. The van der Waals surface area contributed by atoms with Gasteiger partial charge in [0.15, 0.2) is 5.15 Å². The van der Waals surface area contributed by atoms with Gasteiger partial charge in [0.1, 0.15) is 5.94 Å². The van der Waals surface area contributed by atoms with Crippen molar-refractivity contribution in [1.82, 2.24) is 10.2 Å². The zero-order valence-corrected chi connectivity index (χ0v) is 7.51. The standard InChI is InChI=1S/C8H7ClN2O/c1-5-6(2)8(9)11-10-7(5)3-4-12/h3H,1-2H3. The predicted octanol–water partition coefficient (Wildman–Crippen LogP) is 1.59. The maximum Gasteiger partial charge on any atom is 0.154 e. The molecule has 4 heteroatoms. The quantitative estimate of drug-likeness (QED) is 0.620. The van der Waals surface area contributed by atoms with Gasteiger partial charge in [0.05, 0.1) is 11.8 Å². The number of hydrogen-bond acceptors (Lipinski definition) is 3. The Hall–Kier alpha value is -1.18. The van der Waals surface area contributed by atoms with Crippen molar-refractivity contribution in [2.24, 2.45) is 0 Å². The fraction of sp³-hybridized carbons (Fsp3) is 0.250. The first kappa shape index (κ1) is 8.91. The van der Waals surface area contributed by atoms with Crippen LogP contribution in [0.1, 0.15) is 16.8 Å². The summed E-state index contributed by atoms with van der Waals surface area (Å²) in [6.07, 6.45) is 1.24. The van der Waals surface area contributed by atoms with Crippen molar-refractivity contribution in [2.75, 3.05) is 0 Å². The second-order valence-electron chi connectivity index (χ2n) is 2.39. The van der Waals surface area contributed by atoms with Gasteiger partial charge in [0.2, 0.25) is 0 Å². The summed E-state index contributed by atoms with van der Waals surface area (Å²) in [4.78, 5) is 10.0. The van der Waals surface area contributed by atoms with E-state index in [-0.39, 0.29) is 0 Å². The monoisotopic (exact) mass is 182 g/mol. The van der Waals surface area contributed by atoms with E-state index in [1.807, 2.05) is 13.8 Å². The molecule has 0 bridgehead atoms. The lowest BCUT2D eigenvalue weighted by Crippen LogP contribution is -1.95. The predicted molar refractivity (Wildman–Crippen MR) is 46.7 cm³/mol. The zero-order valence-electron chi connectivity index (χ0n) is 6.76. The fourth-order valence-corrected chi connectivity index (χ4v) is 0.967. The Morgan fingerprint density at radius 1 is 1.33 bits per heavy atom. The Morgan fingerprint density at radius 3 is 2.58 bits per heavy atom. The second-order valence-corrected chi connectivity index (χ2v) is 2.75. The van der Waals surface area contributed by atoms with Gasteiger partial charge in [0.25, 0.3) is 0 Å². The van der Waals surface area contributed by atoms with Crippen molar-refractivity contribution in [3.8, 4) is 0 Å². The molecule has 62 valence electrons. The van der Waals surface area contributed by atoms with E-state index in [9.17, 15) is 4.79 Å². The Morgan fingerprint density at radius 2 is 2.00 bits per heavy atom. The van der Waals surface area contributed by atoms with Gasteiger partial charge in [-0.1, -0.05) is 11.6 Å².